The van der Waals surface area contributed by atoms with Gasteiger partial charge in [0.25, 0.3) is 0 Å². The van der Waals surface area contributed by atoms with Crippen molar-refractivity contribution in [2.75, 3.05) is 0 Å². The van der Waals surface area contributed by atoms with Gasteiger partial charge in [-0.05, 0) is 5.10 Å². The number of rotatable bonds is 1. The first-order valence-electron chi connectivity index (χ1n) is 2.70. The van der Waals surface area contributed by atoms with Gasteiger partial charge < -0.3 is 4.85 Å². The summed E-state index contributed by atoms with van der Waals surface area (Å²) in [4.78, 5) is 12.5. The van der Waals surface area contributed by atoms with E-state index in [2.05, 4.69) is 9.94 Å². The number of aryl methyl sites for hydroxylation is 1. The van der Waals surface area contributed by atoms with Crippen LogP contribution >= 0.6 is 0 Å². The van der Waals surface area contributed by atoms with E-state index < -0.39 is 4.92 Å². The molecule has 1 aromatic heterocycles. The molecular weight excluding hydrogens is 148 g/mol. The fourth-order valence-corrected chi connectivity index (χ4v) is 0.673. The third-order valence-electron chi connectivity index (χ3n) is 1.09. The van der Waals surface area contributed by atoms with Crippen LogP contribution in [-0.4, -0.2) is 14.7 Å². The number of hydrogen-bond acceptors (Lipinski definition) is 3. The molecule has 0 amide bonds. The molecule has 0 bridgehead atoms. The molecule has 1 aromatic rings. The third-order valence-corrected chi connectivity index (χ3v) is 1.09. The minimum atomic E-state index is -0.625. The van der Waals surface area contributed by atoms with E-state index in [1.54, 1.807) is 0 Å². The second-order valence-corrected chi connectivity index (χ2v) is 1.88. The Kier molecular flexibility index (Phi) is 1.56. The van der Waals surface area contributed by atoms with Crippen LogP contribution in [0, 0.1) is 16.7 Å². The van der Waals surface area contributed by atoms with Crippen LogP contribution in [-0.2, 0) is 7.05 Å². The van der Waals surface area contributed by atoms with Gasteiger partial charge in [0, 0.05) is 7.05 Å². The Morgan fingerprint density at radius 1 is 1.91 bits per heavy atom. The van der Waals surface area contributed by atoms with Gasteiger partial charge in [0.1, 0.15) is 6.20 Å². The van der Waals surface area contributed by atoms with E-state index in [9.17, 15) is 10.1 Å². The fourth-order valence-electron chi connectivity index (χ4n) is 0.673. The monoisotopic (exact) mass is 152 g/mol. The normalized spacial score (nSPS) is 9.09. The van der Waals surface area contributed by atoms with E-state index in [4.69, 9.17) is 6.57 Å². The predicted octanol–water partition coefficient (Wildman–Crippen LogP) is 0.879. The maximum absolute atomic E-state index is 10.2. The van der Waals surface area contributed by atoms with Crippen LogP contribution in [0.4, 0.5) is 11.5 Å². The first-order chi connectivity index (χ1) is 5.15. The van der Waals surface area contributed by atoms with E-state index in [0.717, 1.165) is 0 Å². The molecular formula is C5H4N4O2. The van der Waals surface area contributed by atoms with Crippen LogP contribution in [0.25, 0.3) is 4.85 Å². The van der Waals surface area contributed by atoms with Crippen LogP contribution in [0.3, 0.4) is 0 Å². The summed E-state index contributed by atoms with van der Waals surface area (Å²) in [7, 11) is 1.53. The summed E-state index contributed by atoms with van der Waals surface area (Å²) in [6.07, 6.45) is 1.20. The Balaban J connectivity index is 3.26. The average Bonchev–Trinajstić information content (AvgIpc) is 2.30. The van der Waals surface area contributed by atoms with Gasteiger partial charge in [-0.1, -0.05) is 6.57 Å². The zero-order valence-electron chi connectivity index (χ0n) is 5.68. The molecule has 0 N–H and O–H groups in total. The lowest BCUT2D eigenvalue weighted by Crippen LogP contribution is -1.86. The summed E-state index contributed by atoms with van der Waals surface area (Å²) in [6, 6.07) is 0. The molecule has 0 unspecified atom stereocenters. The highest BCUT2D eigenvalue weighted by Gasteiger charge is 2.18. The van der Waals surface area contributed by atoms with Crippen molar-refractivity contribution < 1.29 is 4.92 Å². The molecule has 6 heteroatoms. The molecule has 0 saturated carbocycles. The second-order valence-electron chi connectivity index (χ2n) is 1.88. The molecule has 0 aliphatic heterocycles. The van der Waals surface area contributed by atoms with Crippen LogP contribution in [0.15, 0.2) is 6.20 Å². The first kappa shape index (κ1) is 7.21. The summed E-state index contributed by atoms with van der Waals surface area (Å²) in [5.41, 5.74) is -0.248. The maximum Gasteiger partial charge on any atom is 0.372 e. The van der Waals surface area contributed by atoms with Gasteiger partial charge in [0.05, 0.1) is 4.92 Å². The van der Waals surface area contributed by atoms with E-state index in [1.807, 2.05) is 0 Å². The van der Waals surface area contributed by atoms with Gasteiger partial charge in [-0.15, -0.1) is 0 Å². The van der Waals surface area contributed by atoms with Gasteiger partial charge in [-0.2, -0.15) is 4.68 Å². The second kappa shape index (κ2) is 2.38. The van der Waals surface area contributed by atoms with Crippen molar-refractivity contribution in [1.82, 2.24) is 9.78 Å². The SMILES string of the molecule is [C-]#[N+]c1nn(C)cc1[N+](=O)[O-]. The molecule has 1 heterocycles. The number of nitro groups is 1. The summed E-state index contributed by atoms with van der Waals surface area (Å²) < 4.78 is 1.24. The van der Waals surface area contributed by atoms with Crippen LogP contribution < -0.4 is 0 Å². The van der Waals surface area contributed by atoms with Crippen LogP contribution in [0.5, 0.6) is 0 Å². The minimum Gasteiger partial charge on any atom is -0.353 e. The molecule has 0 radical (unpaired) electrons. The zero-order valence-corrected chi connectivity index (χ0v) is 5.68. The lowest BCUT2D eigenvalue weighted by atomic mass is 10.5. The molecule has 0 saturated heterocycles. The first-order valence-corrected chi connectivity index (χ1v) is 2.70. The standard InChI is InChI=1S/C5H4N4O2/c1-6-5-4(9(10)11)3-8(2)7-5/h3H,2H3. The maximum atomic E-state index is 10.2. The molecule has 0 spiro atoms. The lowest BCUT2D eigenvalue weighted by Gasteiger charge is -1.81. The molecule has 6 nitrogen and oxygen atoms in total. The number of hydrogen-bond donors (Lipinski definition) is 0. The van der Waals surface area contributed by atoms with E-state index in [0.29, 0.717) is 0 Å². The quantitative estimate of drug-likeness (QED) is 0.341. The number of nitrogens with zero attached hydrogens (tertiary/aromatic N) is 4. The summed E-state index contributed by atoms with van der Waals surface area (Å²) in [6.45, 7) is 6.54. The van der Waals surface area contributed by atoms with E-state index in [-0.39, 0.29) is 11.5 Å². The molecule has 0 aliphatic carbocycles. The van der Waals surface area contributed by atoms with E-state index >= 15 is 0 Å². The zero-order chi connectivity index (χ0) is 8.43. The fraction of sp³-hybridized carbons (Fsp3) is 0.200. The Morgan fingerprint density at radius 3 is 2.91 bits per heavy atom. The Hall–Kier alpha value is -1.90. The smallest absolute Gasteiger partial charge is 0.353 e. The lowest BCUT2D eigenvalue weighted by molar-refractivity contribution is -0.383. The van der Waals surface area contributed by atoms with Crippen LogP contribution in [0.1, 0.15) is 0 Å². The van der Waals surface area contributed by atoms with Crippen molar-refractivity contribution in [3.8, 4) is 0 Å². The number of aromatic nitrogens is 2. The largest absolute Gasteiger partial charge is 0.372 e. The summed E-state index contributed by atoms with van der Waals surface area (Å²) in [5, 5.41) is 13.8. The Bertz CT molecular complexity index is 335. The Morgan fingerprint density at radius 2 is 2.55 bits per heavy atom. The molecule has 0 aromatic carbocycles. The molecule has 11 heavy (non-hydrogen) atoms. The van der Waals surface area contributed by atoms with Crippen LogP contribution in [0.2, 0.25) is 0 Å². The van der Waals surface area contributed by atoms with Crippen molar-refractivity contribution in [1.29, 1.82) is 0 Å². The van der Waals surface area contributed by atoms with Gasteiger partial charge >= 0.3 is 11.5 Å². The van der Waals surface area contributed by atoms with Gasteiger partial charge in [-0.3, -0.25) is 10.1 Å². The van der Waals surface area contributed by atoms with Gasteiger partial charge in [0.15, 0.2) is 0 Å². The molecule has 56 valence electrons. The third kappa shape index (κ3) is 1.16. The highest BCUT2D eigenvalue weighted by atomic mass is 16.6. The van der Waals surface area contributed by atoms with Gasteiger partial charge in [0.2, 0.25) is 0 Å². The Labute approximate surface area is 62.0 Å². The van der Waals surface area contributed by atoms with Crippen molar-refractivity contribution in [3.05, 3.63) is 27.7 Å². The highest BCUT2D eigenvalue weighted by molar-refractivity contribution is 5.55. The summed E-state index contributed by atoms with van der Waals surface area (Å²) in [5.74, 6) is -0.169. The van der Waals surface area contributed by atoms with Crippen molar-refractivity contribution in [2.45, 2.75) is 0 Å². The molecule has 0 atom stereocenters. The molecule has 1 rings (SSSR count). The molecule has 0 aliphatic rings. The van der Waals surface area contributed by atoms with Gasteiger partial charge in [-0.25, -0.2) is 0 Å². The van der Waals surface area contributed by atoms with Crippen molar-refractivity contribution in [3.63, 3.8) is 0 Å². The van der Waals surface area contributed by atoms with Crippen molar-refractivity contribution >= 4 is 11.5 Å². The summed E-state index contributed by atoms with van der Waals surface area (Å²) >= 11 is 0. The average molecular weight is 152 g/mol. The topological polar surface area (TPSA) is 65.3 Å². The van der Waals surface area contributed by atoms with E-state index in [1.165, 1.54) is 17.9 Å². The predicted molar refractivity (Wildman–Crippen MR) is 36.1 cm³/mol. The minimum absolute atomic E-state index is 0.169. The van der Waals surface area contributed by atoms with Crippen molar-refractivity contribution in [2.24, 2.45) is 7.05 Å². The molecule has 0 fully saturated rings. The highest BCUT2D eigenvalue weighted by Crippen LogP contribution is 2.23.